The molecule has 19 heavy (non-hydrogen) atoms. The third-order valence-corrected chi connectivity index (χ3v) is 3.21. The summed E-state index contributed by atoms with van der Waals surface area (Å²) in [4.78, 5) is 22.3. The number of aliphatic hydroxyl groups is 2. The number of fused-ring (bicyclic) bond motifs is 1. The van der Waals surface area contributed by atoms with Crippen molar-refractivity contribution in [2.75, 3.05) is 12.3 Å². The number of ether oxygens (including phenoxy) is 1. The highest BCUT2D eigenvalue weighted by molar-refractivity contribution is 5.81. The molecular weight excluding hydrogens is 259 g/mol. The molecule has 0 saturated carbocycles. The van der Waals surface area contributed by atoms with E-state index in [2.05, 4.69) is 15.0 Å². The Hall–Kier alpha value is -1.97. The fourth-order valence-corrected chi connectivity index (χ4v) is 2.26. The van der Waals surface area contributed by atoms with Crippen LogP contribution >= 0.6 is 0 Å². The van der Waals surface area contributed by atoms with Crippen LogP contribution in [0, 0.1) is 0 Å². The molecule has 3 heterocycles. The number of imidazole rings is 1. The number of aliphatic hydroxyl groups excluding tert-OH is 2. The van der Waals surface area contributed by atoms with Crippen LogP contribution in [0.4, 0.5) is 5.82 Å². The van der Waals surface area contributed by atoms with Crippen molar-refractivity contribution in [3.63, 3.8) is 0 Å². The predicted molar refractivity (Wildman–Crippen MR) is 64.2 cm³/mol. The van der Waals surface area contributed by atoms with E-state index in [1.165, 1.54) is 10.9 Å². The van der Waals surface area contributed by atoms with Crippen molar-refractivity contribution in [3.8, 4) is 0 Å². The zero-order valence-electron chi connectivity index (χ0n) is 9.85. The van der Waals surface area contributed by atoms with Gasteiger partial charge >= 0.3 is 5.69 Å². The zero-order valence-corrected chi connectivity index (χ0v) is 9.85. The molecule has 0 radical (unpaired) electrons. The molecule has 2 aromatic rings. The lowest BCUT2D eigenvalue weighted by molar-refractivity contribution is -0.0441. The average molecular weight is 272 g/mol. The van der Waals surface area contributed by atoms with E-state index in [0.29, 0.717) is 11.2 Å². The third kappa shape index (κ3) is 1.79. The first-order chi connectivity index (χ1) is 9.11. The van der Waals surface area contributed by atoms with Gasteiger partial charge in [-0.3, -0.25) is 0 Å². The smallest absolute Gasteiger partial charge is 0.329 e. The Kier molecular flexibility index (Phi) is 2.73. The number of anilines is 1. The average Bonchev–Trinajstić information content (AvgIpc) is 2.90. The van der Waals surface area contributed by atoms with Crippen molar-refractivity contribution in [2.24, 2.45) is 0 Å². The first-order valence-corrected chi connectivity index (χ1v) is 5.77. The van der Waals surface area contributed by atoms with Crippen LogP contribution in [-0.4, -0.2) is 48.5 Å². The number of hydrogen-bond acceptors (Lipinski definition) is 7. The molecule has 0 amide bonds. The number of rotatable bonds is 2. The summed E-state index contributed by atoms with van der Waals surface area (Å²) in [6.07, 6.45) is -0.784. The number of H-pyrrole nitrogens is 1. The minimum Gasteiger partial charge on any atom is -0.394 e. The molecule has 1 fully saturated rings. The molecule has 3 rings (SSSR count). The van der Waals surface area contributed by atoms with E-state index in [0.717, 1.165) is 0 Å². The van der Waals surface area contributed by atoms with Gasteiger partial charge in [-0.15, -0.1) is 0 Å². The van der Waals surface area contributed by atoms with E-state index in [1.54, 1.807) is 0 Å². The van der Waals surface area contributed by atoms with Gasteiger partial charge in [0.15, 0.2) is 11.5 Å². The minimum absolute atomic E-state index is 0.165. The van der Waals surface area contributed by atoms with E-state index in [-0.39, 0.29) is 18.8 Å². The lowest BCUT2D eigenvalue weighted by Crippen LogP contribution is -2.25. The molecule has 2 aromatic heterocycles. The maximum Gasteiger partial charge on any atom is 0.329 e. The third-order valence-electron chi connectivity index (χ3n) is 3.21. The highest BCUT2D eigenvalue weighted by atomic mass is 16.7. The van der Waals surface area contributed by atoms with Gasteiger partial charge in [-0.2, -0.15) is 0 Å². The van der Waals surface area contributed by atoms with Gasteiger partial charge < -0.3 is 25.7 Å². The van der Waals surface area contributed by atoms with Crippen molar-refractivity contribution >= 4 is 17.0 Å². The maximum absolute atomic E-state index is 11.9. The Balaban J connectivity index is 2.09. The van der Waals surface area contributed by atoms with Gasteiger partial charge in [0, 0.05) is 6.42 Å². The maximum atomic E-state index is 11.9. The fraction of sp³-hybridized carbons (Fsp3) is 0.500. The monoisotopic (exact) mass is 272 g/mol. The first-order valence-electron chi connectivity index (χ1n) is 5.77. The van der Waals surface area contributed by atoms with Gasteiger partial charge in [0.2, 0.25) is 0 Å². The van der Waals surface area contributed by atoms with Crippen molar-refractivity contribution < 1.29 is 14.9 Å². The van der Waals surface area contributed by atoms with Crippen molar-refractivity contribution in [2.45, 2.75) is 24.9 Å². The predicted octanol–water partition coefficient (Wildman–Crippen LogP) is -1.66. The number of nitrogen functional groups attached to an aromatic ring is 1. The lowest BCUT2D eigenvalue weighted by atomic mass is 10.5. The van der Waals surface area contributed by atoms with Gasteiger partial charge in [0.25, 0.3) is 0 Å². The summed E-state index contributed by atoms with van der Waals surface area (Å²) in [5.74, 6) is 0.165. The minimum atomic E-state index is -0.828. The molecule has 1 aliphatic heterocycles. The molecule has 0 bridgehead atoms. The summed E-state index contributed by atoms with van der Waals surface area (Å²) in [5.41, 5.74) is 5.85. The summed E-state index contributed by atoms with van der Waals surface area (Å²) in [5, 5.41) is 18.8. The SMILES string of the molecule is Nc1ncnc2c1[nH]c(=O)n2[13C@H]1[13CH2][13C@H](O)[13C@@H]([13CH2]O)O1. The number of nitrogens with zero attached hydrogens (tertiary/aromatic N) is 3. The molecular formula is C10H13N5O4. The van der Waals surface area contributed by atoms with Crippen LogP contribution in [0.2, 0.25) is 0 Å². The molecule has 9 nitrogen and oxygen atoms in total. The number of aromatic nitrogens is 4. The summed E-state index contributed by atoms with van der Waals surface area (Å²) >= 11 is 0. The molecule has 0 aromatic carbocycles. The van der Waals surface area contributed by atoms with E-state index < -0.39 is 24.1 Å². The van der Waals surface area contributed by atoms with Crippen LogP contribution < -0.4 is 11.4 Å². The lowest BCUT2D eigenvalue weighted by Gasteiger charge is -2.12. The number of nitrogens with one attached hydrogen (secondary N) is 1. The van der Waals surface area contributed by atoms with Crippen LogP contribution in [0.5, 0.6) is 0 Å². The Labute approximate surface area is 106 Å². The number of nitrogens with two attached hydrogens (primary N) is 1. The molecule has 102 valence electrons. The quantitative estimate of drug-likeness (QED) is 0.480. The van der Waals surface area contributed by atoms with Crippen LogP contribution in [0.3, 0.4) is 0 Å². The summed E-state index contributed by atoms with van der Waals surface area (Å²) in [6, 6.07) is 0. The summed E-state index contributed by atoms with van der Waals surface area (Å²) in [7, 11) is 0. The van der Waals surface area contributed by atoms with Crippen LogP contribution in [0.1, 0.15) is 12.6 Å². The summed E-state index contributed by atoms with van der Waals surface area (Å²) < 4.78 is 6.71. The zero-order chi connectivity index (χ0) is 13.6. The normalized spacial score (nSPS) is 27.2. The van der Waals surface area contributed by atoms with Crippen molar-refractivity contribution in [3.05, 3.63) is 16.8 Å². The Morgan fingerprint density at radius 2 is 2.37 bits per heavy atom. The molecule has 9 heteroatoms. The number of aromatic amines is 1. The van der Waals surface area contributed by atoms with E-state index >= 15 is 0 Å². The largest absolute Gasteiger partial charge is 0.394 e. The van der Waals surface area contributed by atoms with Gasteiger partial charge in [-0.25, -0.2) is 19.3 Å². The molecule has 0 unspecified atom stereocenters. The Morgan fingerprint density at radius 1 is 1.58 bits per heavy atom. The fourth-order valence-electron chi connectivity index (χ4n) is 2.26. The Bertz CT molecular complexity index is 665. The van der Waals surface area contributed by atoms with Gasteiger partial charge in [0.05, 0.1) is 12.7 Å². The molecule has 3 atom stereocenters. The molecule has 5 N–H and O–H groups in total. The van der Waals surface area contributed by atoms with E-state index in [1.807, 2.05) is 0 Å². The standard InChI is InChI=1S/C10H13N5O4/c11-8-7-9(13-3-12-8)15(10(18)14-7)6-1-4(17)5(2-16)19-6/h3-6,16-17H,1-2H2,(H,14,18)(H2,11,12,13)/t4-,5+,6+/m0/s1/i1+1,2+1,4+1,5+1,6+1. The Morgan fingerprint density at radius 3 is 3.05 bits per heavy atom. The molecule has 0 aliphatic carbocycles. The topological polar surface area (TPSA) is 139 Å². The van der Waals surface area contributed by atoms with E-state index in [9.17, 15) is 9.90 Å². The molecule has 1 aliphatic rings. The van der Waals surface area contributed by atoms with E-state index in [4.69, 9.17) is 15.6 Å². The van der Waals surface area contributed by atoms with Crippen LogP contribution in [0.15, 0.2) is 11.1 Å². The van der Waals surface area contributed by atoms with Crippen molar-refractivity contribution in [1.82, 2.24) is 19.5 Å². The highest BCUT2D eigenvalue weighted by Gasteiger charge is 2.36. The number of hydrogen-bond donors (Lipinski definition) is 4. The highest BCUT2D eigenvalue weighted by Crippen LogP contribution is 2.29. The summed E-state index contributed by atoms with van der Waals surface area (Å²) in [6.45, 7) is -0.314. The van der Waals surface area contributed by atoms with Crippen LogP contribution in [-0.2, 0) is 4.74 Å². The van der Waals surface area contributed by atoms with Crippen molar-refractivity contribution in [1.29, 1.82) is 0 Å². The molecule has 0 spiro atoms. The first kappa shape index (κ1) is 12.1. The second-order valence-corrected chi connectivity index (χ2v) is 4.37. The van der Waals surface area contributed by atoms with Gasteiger partial charge in [0.1, 0.15) is 24.2 Å². The van der Waals surface area contributed by atoms with Gasteiger partial charge in [-0.1, -0.05) is 0 Å². The van der Waals surface area contributed by atoms with Crippen LogP contribution in [0.25, 0.3) is 11.2 Å². The molecule has 1 saturated heterocycles. The second kappa shape index (κ2) is 4.30. The van der Waals surface area contributed by atoms with Gasteiger partial charge in [-0.05, 0) is 0 Å². The second-order valence-electron chi connectivity index (χ2n) is 4.37.